The zero-order chi connectivity index (χ0) is 22.0. The first-order valence-electron chi connectivity index (χ1n) is 11.3. The summed E-state index contributed by atoms with van der Waals surface area (Å²) in [5.74, 6) is 4.03. The van der Waals surface area contributed by atoms with Crippen molar-refractivity contribution >= 4 is 11.8 Å². The first-order chi connectivity index (χ1) is 15.0. The lowest BCUT2D eigenvalue weighted by atomic mass is 9.49. The second kappa shape index (κ2) is 8.97. The van der Waals surface area contributed by atoms with E-state index in [1.54, 1.807) is 33.5 Å². The predicted molar refractivity (Wildman–Crippen MR) is 116 cm³/mol. The Morgan fingerprint density at radius 2 is 1.42 bits per heavy atom. The largest absolute Gasteiger partial charge is 0.496 e. The van der Waals surface area contributed by atoms with Crippen molar-refractivity contribution in [1.82, 2.24) is 10.6 Å². The Balaban J connectivity index is 1.26. The third kappa shape index (κ3) is 4.46. The maximum atomic E-state index is 13.0. The summed E-state index contributed by atoms with van der Waals surface area (Å²) in [6.45, 7) is 0.681. The van der Waals surface area contributed by atoms with Gasteiger partial charge < -0.3 is 24.8 Å². The van der Waals surface area contributed by atoms with E-state index in [0.717, 1.165) is 42.6 Å². The van der Waals surface area contributed by atoms with Crippen LogP contribution < -0.4 is 24.8 Å². The summed E-state index contributed by atoms with van der Waals surface area (Å²) < 4.78 is 16.0. The van der Waals surface area contributed by atoms with Crippen molar-refractivity contribution in [3.05, 3.63) is 17.7 Å². The van der Waals surface area contributed by atoms with Gasteiger partial charge in [-0.1, -0.05) is 0 Å². The number of nitrogens with one attached hydrogen (secondary N) is 2. The molecule has 0 atom stereocenters. The molecule has 7 nitrogen and oxygen atoms in total. The SMILES string of the molecule is COc1cc(OC)c(OC)cc1CNC(=O)CCNC(=O)C12CC3CC(CC(C3)C1)C2. The third-order valence-corrected chi connectivity index (χ3v) is 7.42. The van der Waals surface area contributed by atoms with Gasteiger partial charge >= 0.3 is 0 Å². The summed E-state index contributed by atoms with van der Waals surface area (Å²) in [7, 11) is 4.71. The van der Waals surface area contributed by atoms with E-state index in [1.807, 2.05) is 0 Å². The Bertz CT molecular complexity index is 802. The summed E-state index contributed by atoms with van der Waals surface area (Å²) in [6.07, 6.45) is 7.31. The van der Waals surface area contributed by atoms with Crippen LogP contribution in [0.2, 0.25) is 0 Å². The maximum Gasteiger partial charge on any atom is 0.226 e. The quantitative estimate of drug-likeness (QED) is 0.629. The molecule has 0 aliphatic heterocycles. The summed E-state index contributed by atoms with van der Waals surface area (Å²) in [4.78, 5) is 25.4. The molecule has 0 spiro atoms. The van der Waals surface area contributed by atoms with E-state index in [-0.39, 0.29) is 23.7 Å². The molecule has 4 aliphatic rings. The minimum Gasteiger partial charge on any atom is -0.496 e. The van der Waals surface area contributed by atoms with Crippen LogP contribution in [0, 0.1) is 23.2 Å². The fourth-order valence-corrected chi connectivity index (χ4v) is 6.38. The standard InChI is InChI=1S/C24H34N2O5/c1-29-19-10-21(31-3)20(30-2)9-18(19)14-26-22(27)4-5-25-23(28)24-11-15-6-16(12-24)8-17(7-15)13-24/h9-10,15-17H,4-8,11-14H2,1-3H3,(H,25,28)(H,26,27). The van der Waals surface area contributed by atoms with Crippen LogP contribution in [-0.2, 0) is 16.1 Å². The lowest BCUT2D eigenvalue weighted by Crippen LogP contribution is -2.53. The van der Waals surface area contributed by atoms with Gasteiger partial charge in [0.25, 0.3) is 0 Å². The van der Waals surface area contributed by atoms with Crippen LogP contribution in [0.3, 0.4) is 0 Å². The zero-order valence-corrected chi connectivity index (χ0v) is 18.8. The number of hydrogen-bond acceptors (Lipinski definition) is 5. The minimum atomic E-state index is -0.168. The molecule has 4 aliphatic carbocycles. The van der Waals surface area contributed by atoms with Crippen molar-refractivity contribution in [2.75, 3.05) is 27.9 Å². The Kier molecular flexibility index (Phi) is 6.30. The topological polar surface area (TPSA) is 85.9 Å². The number of rotatable bonds is 9. The zero-order valence-electron chi connectivity index (χ0n) is 18.8. The van der Waals surface area contributed by atoms with Crippen LogP contribution in [-0.4, -0.2) is 39.7 Å². The molecule has 4 fully saturated rings. The normalized spacial score (nSPS) is 28.2. The van der Waals surface area contributed by atoms with Gasteiger partial charge in [0.1, 0.15) is 5.75 Å². The van der Waals surface area contributed by atoms with Crippen LogP contribution in [0.1, 0.15) is 50.5 Å². The van der Waals surface area contributed by atoms with Crippen LogP contribution >= 0.6 is 0 Å². The third-order valence-electron chi connectivity index (χ3n) is 7.42. The maximum absolute atomic E-state index is 13.0. The van der Waals surface area contributed by atoms with Gasteiger partial charge in [0.2, 0.25) is 11.8 Å². The molecule has 170 valence electrons. The van der Waals surface area contributed by atoms with Crippen molar-refractivity contribution < 1.29 is 23.8 Å². The minimum absolute atomic E-state index is 0.109. The number of carbonyl (C=O) groups excluding carboxylic acids is 2. The molecule has 0 radical (unpaired) electrons. The molecule has 1 aromatic rings. The van der Waals surface area contributed by atoms with Crippen molar-refractivity contribution in [3.63, 3.8) is 0 Å². The Morgan fingerprint density at radius 3 is 1.97 bits per heavy atom. The fraction of sp³-hybridized carbons (Fsp3) is 0.667. The smallest absolute Gasteiger partial charge is 0.226 e. The molecule has 2 N–H and O–H groups in total. The molecule has 7 heteroatoms. The second-order valence-electron chi connectivity index (χ2n) is 9.50. The number of methoxy groups -OCH3 is 3. The van der Waals surface area contributed by atoms with E-state index in [0.29, 0.717) is 30.3 Å². The Labute approximate surface area is 184 Å². The average molecular weight is 431 g/mol. The molecular weight excluding hydrogens is 396 g/mol. The number of carbonyl (C=O) groups is 2. The Morgan fingerprint density at radius 1 is 0.871 bits per heavy atom. The van der Waals surface area contributed by atoms with Crippen LogP contribution in [0.4, 0.5) is 0 Å². The van der Waals surface area contributed by atoms with Crippen molar-refractivity contribution in [1.29, 1.82) is 0 Å². The van der Waals surface area contributed by atoms with E-state index in [9.17, 15) is 9.59 Å². The summed E-state index contributed by atoms with van der Waals surface area (Å²) >= 11 is 0. The first-order valence-corrected chi connectivity index (χ1v) is 11.3. The lowest BCUT2D eigenvalue weighted by molar-refractivity contribution is -0.146. The van der Waals surface area contributed by atoms with Gasteiger partial charge in [-0.2, -0.15) is 0 Å². The summed E-state index contributed by atoms with van der Waals surface area (Å²) in [5.41, 5.74) is 0.629. The molecule has 5 rings (SSSR count). The molecule has 4 bridgehead atoms. The Hall–Kier alpha value is -2.44. The molecule has 2 amide bonds. The van der Waals surface area contributed by atoms with E-state index >= 15 is 0 Å². The van der Waals surface area contributed by atoms with E-state index in [4.69, 9.17) is 14.2 Å². The summed E-state index contributed by atoms with van der Waals surface area (Å²) in [5, 5.41) is 5.97. The highest BCUT2D eigenvalue weighted by molar-refractivity contribution is 5.84. The molecular formula is C24H34N2O5. The van der Waals surface area contributed by atoms with Gasteiger partial charge in [0.15, 0.2) is 11.5 Å². The molecule has 31 heavy (non-hydrogen) atoms. The lowest BCUT2D eigenvalue weighted by Gasteiger charge is -2.55. The second-order valence-corrected chi connectivity index (χ2v) is 9.50. The molecule has 0 heterocycles. The van der Waals surface area contributed by atoms with Crippen molar-refractivity contribution in [2.24, 2.45) is 23.2 Å². The average Bonchev–Trinajstić information content (AvgIpc) is 2.76. The van der Waals surface area contributed by atoms with Gasteiger partial charge in [-0.05, 0) is 62.3 Å². The monoisotopic (exact) mass is 430 g/mol. The first kappa shape index (κ1) is 21.8. The van der Waals surface area contributed by atoms with Crippen LogP contribution in [0.5, 0.6) is 17.2 Å². The van der Waals surface area contributed by atoms with Gasteiger partial charge in [0.05, 0.1) is 21.3 Å². The number of hydrogen-bond donors (Lipinski definition) is 2. The fourth-order valence-electron chi connectivity index (χ4n) is 6.38. The molecule has 0 aromatic heterocycles. The predicted octanol–water partition coefficient (Wildman–Crippen LogP) is 3.05. The van der Waals surface area contributed by atoms with E-state index < -0.39 is 0 Å². The molecule has 4 saturated carbocycles. The van der Waals surface area contributed by atoms with Crippen LogP contribution in [0.15, 0.2) is 12.1 Å². The van der Waals surface area contributed by atoms with Gasteiger partial charge in [-0.25, -0.2) is 0 Å². The highest BCUT2D eigenvalue weighted by Gasteiger charge is 2.54. The number of amides is 2. The van der Waals surface area contributed by atoms with Crippen LogP contribution in [0.25, 0.3) is 0 Å². The number of benzene rings is 1. The highest BCUT2D eigenvalue weighted by atomic mass is 16.5. The highest BCUT2D eigenvalue weighted by Crippen LogP contribution is 2.60. The van der Waals surface area contributed by atoms with Crippen molar-refractivity contribution in [2.45, 2.75) is 51.5 Å². The molecule has 0 unspecified atom stereocenters. The van der Waals surface area contributed by atoms with E-state index in [1.165, 1.54) is 19.3 Å². The van der Waals surface area contributed by atoms with E-state index in [2.05, 4.69) is 10.6 Å². The molecule has 0 saturated heterocycles. The van der Waals surface area contributed by atoms with Gasteiger partial charge in [-0.15, -0.1) is 0 Å². The van der Waals surface area contributed by atoms with Crippen molar-refractivity contribution in [3.8, 4) is 17.2 Å². The number of ether oxygens (including phenoxy) is 3. The van der Waals surface area contributed by atoms with Gasteiger partial charge in [0, 0.05) is 36.6 Å². The van der Waals surface area contributed by atoms with Gasteiger partial charge in [-0.3, -0.25) is 9.59 Å². The molecule has 1 aromatic carbocycles. The summed E-state index contributed by atoms with van der Waals surface area (Å²) in [6, 6.07) is 3.54.